The molecule has 1 atom stereocenters. The molecule has 1 aliphatic rings. The summed E-state index contributed by atoms with van der Waals surface area (Å²) in [6.45, 7) is 0.743. The maximum atomic E-state index is 12.9. The minimum atomic E-state index is -0.0419. The second-order valence-electron chi connectivity index (χ2n) is 5.71. The zero-order valence-electron chi connectivity index (χ0n) is 13.2. The predicted molar refractivity (Wildman–Crippen MR) is 89.4 cm³/mol. The highest BCUT2D eigenvalue weighted by atomic mass is 32.1. The fraction of sp³-hybridized carbons (Fsp3) is 0.312. The van der Waals surface area contributed by atoms with Gasteiger partial charge in [-0.1, -0.05) is 0 Å². The van der Waals surface area contributed by atoms with Gasteiger partial charge in [0.15, 0.2) is 10.8 Å². The fourth-order valence-corrected chi connectivity index (χ4v) is 3.74. The molecule has 4 heterocycles. The zero-order chi connectivity index (χ0) is 16.5. The van der Waals surface area contributed by atoms with Crippen molar-refractivity contribution < 1.29 is 4.79 Å². The van der Waals surface area contributed by atoms with Gasteiger partial charge in [-0.25, -0.2) is 15.0 Å². The second kappa shape index (κ2) is 6.12. The standard InChI is InChI=1S/C16H16N6OS/c1-21-9-11(8-19-21)13-4-2-7-22(13)16(23)12-10-24-15(20-12)14-17-5-3-6-18-14/h3,5-6,8-10,13H,2,4,7H2,1H3. The average molecular weight is 340 g/mol. The smallest absolute Gasteiger partial charge is 0.273 e. The molecule has 7 nitrogen and oxygen atoms in total. The van der Waals surface area contributed by atoms with E-state index in [1.165, 1.54) is 11.3 Å². The molecule has 0 aliphatic carbocycles. The number of nitrogens with zero attached hydrogens (tertiary/aromatic N) is 6. The van der Waals surface area contributed by atoms with Gasteiger partial charge in [0, 0.05) is 43.1 Å². The van der Waals surface area contributed by atoms with Crippen molar-refractivity contribution in [3.8, 4) is 10.8 Å². The van der Waals surface area contributed by atoms with Gasteiger partial charge < -0.3 is 4.90 Å². The lowest BCUT2D eigenvalue weighted by Crippen LogP contribution is -2.30. The van der Waals surface area contributed by atoms with E-state index in [1.807, 2.05) is 24.3 Å². The number of rotatable bonds is 3. The first kappa shape index (κ1) is 14.9. The Hall–Kier alpha value is -2.61. The molecule has 1 unspecified atom stereocenters. The molecule has 8 heteroatoms. The number of hydrogen-bond acceptors (Lipinski definition) is 6. The van der Waals surface area contributed by atoms with Crippen molar-refractivity contribution in [2.45, 2.75) is 18.9 Å². The Morgan fingerprint density at radius 2 is 2.17 bits per heavy atom. The van der Waals surface area contributed by atoms with Crippen molar-refractivity contribution in [2.24, 2.45) is 7.05 Å². The van der Waals surface area contributed by atoms with Crippen molar-refractivity contribution in [3.05, 3.63) is 47.5 Å². The van der Waals surface area contributed by atoms with Gasteiger partial charge in [0.05, 0.1) is 12.2 Å². The summed E-state index contributed by atoms with van der Waals surface area (Å²) in [7, 11) is 1.89. The lowest BCUT2D eigenvalue weighted by atomic mass is 10.1. The van der Waals surface area contributed by atoms with E-state index in [0.717, 1.165) is 24.9 Å². The monoisotopic (exact) mass is 340 g/mol. The van der Waals surface area contributed by atoms with Gasteiger partial charge >= 0.3 is 0 Å². The van der Waals surface area contributed by atoms with Gasteiger partial charge in [-0.15, -0.1) is 11.3 Å². The van der Waals surface area contributed by atoms with Crippen LogP contribution in [0.1, 0.15) is 34.9 Å². The molecule has 24 heavy (non-hydrogen) atoms. The quantitative estimate of drug-likeness (QED) is 0.731. The van der Waals surface area contributed by atoms with Crippen LogP contribution >= 0.6 is 11.3 Å². The van der Waals surface area contributed by atoms with Crippen LogP contribution < -0.4 is 0 Å². The average Bonchev–Trinajstić information content (AvgIpc) is 3.35. The maximum absolute atomic E-state index is 12.9. The van der Waals surface area contributed by atoms with Crippen molar-refractivity contribution in [3.63, 3.8) is 0 Å². The summed E-state index contributed by atoms with van der Waals surface area (Å²) >= 11 is 1.39. The lowest BCUT2D eigenvalue weighted by Gasteiger charge is -2.22. The summed E-state index contributed by atoms with van der Waals surface area (Å²) in [5.41, 5.74) is 1.53. The number of amides is 1. The van der Waals surface area contributed by atoms with Gasteiger partial charge in [0.1, 0.15) is 5.69 Å². The van der Waals surface area contributed by atoms with Crippen molar-refractivity contribution in [1.29, 1.82) is 0 Å². The number of carbonyl (C=O) groups excluding carboxylic acids is 1. The summed E-state index contributed by atoms with van der Waals surface area (Å²) in [4.78, 5) is 27.6. The normalized spacial score (nSPS) is 17.4. The topological polar surface area (TPSA) is 76.8 Å². The van der Waals surface area contributed by atoms with Gasteiger partial charge in [0.2, 0.25) is 0 Å². The maximum Gasteiger partial charge on any atom is 0.273 e. The number of aryl methyl sites for hydroxylation is 1. The van der Waals surface area contributed by atoms with Crippen LogP contribution in [-0.4, -0.2) is 42.1 Å². The summed E-state index contributed by atoms with van der Waals surface area (Å²) in [6.07, 6.45) is 9.09. The van der Waals surface area contributed by atoms with Crippen LogP contribution in [0.5, 0.6) is 0 Å². The Labute approximate surface area is 143 Å². The molecular weight excluding hydrogens is 324 g/mol. The van der Waals surface area contributed by atoms with Gasteiger partial charge in [-0.2, -0.15) is 5.10 Å². The van der Waals surface area contributed by atoms with E-state index in [0.29, 0.717) is 16.5 Å². The lowest BCUT2D eigenvalue weighted by molar-refractivity contribution is 0.0730. The van der Waals surface area contributed by atoms with Gasteiger partial charge in [-0.05, 0) is 18.9 Å². The molecule has 1 fully saturated rings. The first-order valence-corrected chi connectivity index (χ1v) is 8.63. The molecule has 1 amide bonds. The number of likely N-dealkylation sites (tertiary alicyclic amines) is 1. The molecule has 0 aromatic carbocycles. The molecule has 0 radical (unpaired) electrons. The molecule has 1 aliphatic heterocycles. The molecule has 4 rings (SSSR count). The van der Waals surface area contributed by atoms with E-state index in [4.69, 9.17) is 0 Å². The Balaban J connectivity index is 1.58. The summed E-state index contributed by atoms with van der Waals surface area (Å²) in [5.74, 6) is 0.506. The minimum absolute atomic E-state index is 0.0419. The van der Waals surface area contributed by atoms with Crippen molar-refractivity contribution in [1.82, 2.24) is 29.6 Å². The Morgan fingerprint density at radius 1 is 1.33 bits per heavy atom. The van der Waals surface area contributed by atoms with Gasteiger partial charge in [0.25, 0.3) is 5.91 Å². The van der Waals surface area contributed by atoms with Crippen molar-refractivity contribution >= 4 is 17.2 Å². The van der Waals surface area contributed by atoms with Crippen LogP contribution in [0.4, 0.5) is 0 Å². The Morgan fingerprint density at radius 3 is 2.92 bits per heavy atom. The van der Waals surface area contributed by atoms with E-state index >= 15 is 0 Å². The third-order valence-corrected chi connectivity index (χ3v) is 4.94. The molecule has 3 aromatic heterocycles. The highest BCUT2D eigenvalue weighted by Gasteiger charge is 2.32. The SMILES string of the molecule is Cn1cc(C2CCCN2C(=O)c2csc(-c3ncccn3)n2)cn1. The van der Waals surface area contributed by atoms with E-state index in [2.05, 4.69) is 20.1 Å². The van der Waals surface area contributed by atoms with E-state index < -0.39 is 0 Å². The van der Waals surface area contributed by atoms with E-state index in [-0.39, 0.29) is 11.9 Å². The number of hydrogen-bond donors (Lipinski definition) is 0. The van der Waals surface area contributed by atoms with E-state index in [9.17, 15) is 4.79 Å². The van der Waals surface area contributed by atoms with Crippen LogP contribution in [-0.2, 0) is 7.05 Å². The Kier molecular flexibility index (Phi) is 3.81. The minimum Gasteiger partial charge on any atom is -0.330 e. The molecular formula is C16H16N6OS. The Bertz CT molecular complexity index is 858. The largest absolute Gasteiger partial charge is 0.330 e. The second-order valence-corrected chi connectivity index (χ2v) is 6.57. The van der Waals surface area contributed by atoms with Crippen LogP contribution in [0.15, 0.2) is 36.2 Å². The van der Waals surface area contributed by atoms with Gasteiger partial charge in [-0.3, -0.25) is 9.48 Å². The van der Waals surface area contributed by atoms with Crippen molar-refractivity contribution in [2.75, 3.05) is 6.54 Å². The predicted octanol–water partition coefficient (Wildman–Crippen LogP) is 2.31. The summed E-state index contributed by atoms with van der Waals surface area (Å²) in [6, 6.07) is 1.83. The molecule has 122 valence electrons. The third-order valence-electron chi connectivity index (χ3n) is 4.10. The van der Waals surface area contributed by atoms with Crippen LogP contribution in [0.3, 0.4) is 0 Å². The number of aromatic nitrogens is 5. The number of thiazole rings is 1. The zero-order valence-corrected chi connectivity index (χ0v) is 14.0. The molecule has 0 N–H and O–H groups in total. The molecule has 1 saturated heterocycles. The highest BCUT2D eigenvalue weighted by Crippen LogP contribution is 2.33. The third kappa shape index (κ3) is 2.69. The van der Waals surface area contributed by atoms with Crippen LogP contribution in [0.2, 0.25) is 0 Å². The molecule has 3 aromatic rings. The highest BCUT2D eigenvalue weighted by molar-refractivity contribution is 7.13. The summed E-state index contributed by atoms with van der Waals surface area (Å²) in [5, 5.41) is 6.67. The molecule has 0 bridgehead atoms. The summed E-state index contributed by atoms with van der Waals surface area (Å²) < 4.78 is 1.77. The molecule has 0 saturated carbocycles. The van der Waals surface area contributed by atoms with E-state index in [1.54, 1.807) is 28.5 Å². The fourth-order valence-electron chi connectivity index (χ4n) is 3.00. The van der Waals surface area contributed by atoms with Crippen LogP contribution in [0, 0.1) is 0 Å². The first-order chi connectivity index (χ1) is 11.7. The first-order valence-electron chi connectivity index (χ1n) is 7.75. The molecule has 0 spiro atoms. The van der Waals surface area contributed by atoms with Crippen LogP contribution in [0.25, 0.3) is 10.8 Å². The number of carbonyl (C=O) groups is 1.